The molecule has 3 rings (SSSR count). The van der Waals surface area contributed by atoms with Crippen LogP contribution in [-0.2, 0) is 6.18 Å². The van der Waals surface area contributed by atoms with Crippen molar-refractivity contribution < 1.29 is 13.2 Å². The van der Waals surface area contributed by atoms with Gasteiger partial charge in [0.1, 0.15) is 5.02 Å². The molecule has 0 bridgehead atoms. The van der Waals surface area contributed by atoms with Gasteiger partial charge in [0.25, 0.3) is 5.56 Å². The van der Waals surface area contributed by atoms with E-state index in [9.17, 15) is 18.0 Å². The van der Waals surface area contributed by atoms with E-state index >= 15 is 0 Å². The molecule has 1 saturated carbocycles. The van der Waals surface area contributed by atoms with Crippen molar-refractivity contribution in [2.75, 3.05) is 5.32 Å². The normalized spacial score (nSPS) is 16.6. The van der Waals surface area contributed by atoms with Crippen molar-refractivity contribution in [2.45, 2.75) is 57.2 Å². The lowest BCUT2D eigenvalue weighted by atomic mass is 9.96. The minimum absolute atomic E-state index is 0.0209. The minimum atomic E-state index is -4.49. The molecule has 0 radical (unpaired) electrons. The fourth-order valence-corrected chi connectivity index (χ4v) is 3.38. The summed E-state index contributed by atoms with van der Waals surface area (Å²) in [6.07, 6.45) is 5.49. The highest BCUT2D eigenvalue weighted by Crippen LogP contribution is 2.29. The van der Waals surface area contributed by atoms with Crippen LogP contribution in [0.3, 0.4) is 0 Å². The molecule has 2 heterocycles. The smallest absolute Gasteiger partial charge is 0.380 e. The van der Waals surface area contributed by atoms with Crippen LogP contribution in [0.5, 0.6) is 0 Å². The summed E-state index contributed by atoms with van der Waals surface area (Å²) in [4.78, 5) is 16.2. The number of pyridine rings is 1. The van der Waals surface area contributed by atoms with Gasteiger partial charge in [-0.3, -0.25) is 4.79 Å². The third-order valence-electron chi connectivity index (χ3n) is 4.68. The van der Waals surface area contributed by atoms with Crippen molar-refractivity contribution in [3.63, 3.8) is 0 Å². The number of nitrogens with zero attached hydrogens (tertiary/aromatic N) is 3. The molecule has 0 unspecified atom stereocenters. The van der Waals surface area contributed by atoms with E-state index in [4.69, 9.17) is 11.6 Å². The SMILES string of the molecule is O=c1c(Cl)c(NC2CCCCCCC2)cnn1-c1ccc(C(F)(F)F)cn1. The maximum atomic E-state index is 12.6. The lowest BCUT2D eigenvalue weighted by Crippen LogP contribution is -2.26. The number of anilines is 1. The highest BCUT2D eigenvalue weighted by molar-refractivity contribution is 6.32. The van der Waals surface area contributed by atoms with Crippen LogP contribution < -0.4 is 10.9 Å². The first-order valence-corrected chi connectivity index (χ1v) is 9.32. The molecular weight excluding hydrogens is 381 g/mol. The van der Waals surface area contributed by atoms with E-state index < -0.39 is 17.3 Å². The predicted octanol–water partition coefficient (Wildman–Crippen LogP) is 4.82. The van der Waals surface area contributed by atoms with Crippen LogP contribution in [0, 0.1) is 0 Å². The highest BCUT2D eigenvalue weighted by Gasteiger charge is 2.30. The second-order valence-electron chi connectivity index (χ2n) is 6.68. The average Bonchev–Trinajstić information content (AvgIpc) is 2.60. The zero-order chi connectivity index (χ0) is 19.4. The van der Waals surface area contributed by atoms with Gasteiger partial charge in [0, 0.05) is 12.2 Å². The van der Waals surface area contributed by atoms with Crippen LogP contribution in [0.15, 0.2) is 29.3 Å². The van der Waals surface area contributed by atoms with Crippen LogP contribution in [0.2, 0.25) is 5.02 Å². The number of nitrogens with one attached hydrogen (secondary N) is 1. The van der Waals surface area contributed by atoms with Gasteiger partial charge < -0.3 is 5.32 Å². The molecule has 0 amide bonds. The molecule has 0 saturated heterocycles. The largest absolute Gasteiger partial charge is 0.417 e. The Kier molecular flexibility index (Phi) is 6.04. The quantitative estimate of drug-likeness (QED) is 0.802. The third kappa shape index (κ3) is 4.80. The first kappa shape index (κ1) is 19.7. The first-order chi connectivity index (χ1) is 12.9. The Morgan fingerprint density at radius 1 is 1.07 bits per heavy atom. The van der Waals surface area contributed by atoms with Crippen molar-refractivity contribution >= 4 is 17.3 Å². The van der Waals surface area contributed by atoms with E-state index in [2.05, 4.69) is 15.4 Å². The van der Waals surface area contributed by atoms with Crippen molar-refractivity contribution in [1.82, 2.24) is 14.8 Å². The van der Waals surface area contributed by atoms with Crippen LogP contribution in [0.25, 0.3) is 5.82 Å². The van der Waals surface area contributed by atoms with Gasteiger partial charge in [-0.1, -0.05) is 43.7 Å². The Bertz CT molecular complexity index is 828. The Morgan fingerprint density at radius 3 is 2.33 bits per heavy atom. The van der Waals surface area contributed by atoms with Crippen LogP contribution in [-0.4, -0.2) is 20.8 Å². The summed E-state index contributed by atoms with van der Waals surface area (Å²) in [5.41, 5.74) is -1.08. The lowest BCUT2D eigenvalue weighted by molar-refractivity contribution is -0.137. The molecule has 0 aromatic carbocycles. The molecule has 146 valence electrons. The van der Waals surface area contributed by atoms with Crippen molar-refractivity contribution in [3.05, 3.63) is 45.5 Å². The van der Waals surface area contributed by atoms with Crippen molar-refractivity contribution in [2.24, 2.45) is 0 Å². The Morgan fingerprint density at radius 2 is 1.74 bits per heavy atom. The molecule has 1 aliphatic carbocycles. The van der Waals surface area contributed by atoms with Crippen LogP contribution >= 0.6 is 11.6 Å². The van der Waals surface area contributed by atoms with E-state index in [1.807, 2.05) is 0 Å². The van der Waals surface area contributed by atoms with E-state index in [-0.39, 0.29) is 16.9 Å². The first-order valence-electron chi connectivity index (χ1n) is 8.94. The molecule has 0 atom stereocenters. The number of aromatic nitrogens is 3. The molecule has 2 aromatic heterocycles. The number of rotatable bonds is 3. The van der Waals surface area contributed by atoms with Gasteiger partial charge in [-0.05, 0) is 25.0 Å². The highest BCUT2D eigenvalue weighted by atomic mass is 35.5. The molecule has 1 fully saturated rings. The summed E-state index contributed by atoms with van der Waals surface area (Å²) in [5, 5.41) is 7.26. The molecule has 27 heavy (non-hydrogen) atoms. The van der Waals surface area contributed by atoms with Crippen molar-refractivity contribution in [3.8, 4) is 5.82 Å². The summed E-state index contributed by atoms with van der Waals surface area (Å²) in [7, 11) is 0. The summed E-state index contributed by atoms with van der Waals surface area (Å²) in [6.45, 7) is 0. The summed E-state index contributed by atoms with van der Waals surface area (Å²) < 4.78 is 38.8. The molecule has 0 spiro atoms. The maximum absolute atomic E-state index is 12.6. The topological polar surface area (TPSA) is 59.8 Å². The van der Waals surface area contributed by atoms with Crippen LogP contribution in [0.4, 0.5) is 18.9 Å². The number of alkyl halides is 3. The van der Waals surface area contributed by atoms with E-state index in [1.165, 1.54) is 25.5 Å². The fraction of sp³-hybridized carbons (Fsp3) is 0.500. The Balaban J connectivity index is 1.81. The van der Waals surface area contributed by atoms with Gasteiger partial charge in [-0.25, -0.2) is 4.98 Å². The van der Waals surface area contributed by atoms with Crippen molar-refractivity contribution in [1.29, 1.82) is 0 Å². The second-order valence-corrected chi connectivity index (χ2v) is 7.06. The van der Waals surface area contributed by atoms with E-state index in [0.29, 0.717) is 11.9 Å². The van der Waals surface area contributed by atoms with E-state index in [0.717, 1.165) is 42.5 Å². The Labute approximate surface area is 159 Å². The molecular formula is C18H20ClF3N4O. The third-order valence-corrected chi connectivity index (χ3v) is 5.04. The molecule has 1 N–H and O–H groups in total. The van der Waals surface area contributed by atoms with Gasteiger partial charge >= 0.3 is 6.18 Å². The molecule has 9 heteroatoms. The van der Waals surface area contributed by atoms with Gasteiger partial charge in [0.05, 0.1) is 17.4 Å². The summed E-state index contributed by atoms with van der Waals surface area (Å²) in [5.74, 6) is -0.0209. The van der Waals surface area contributed by atoms with Gasteiger partial charge in [-0.2, -0.15) is 23.0 Å². The number of hydrogen-bond donors (Lipinski definition) is 1. The second kappa shape index (κ2) is 8.29. The monoisotopic (exact) mass is 400 g/mol. The predicted molar refractivity (Wildman–Crippen MR) is 97.4 cm³/mol. The fourth-order valence-electron chi connectivity index (χ4n) is 3.20. The molecule has 1 aliphatic rings. The minimum Gasteiger partial charge on any atom is -0.380 e. The number of halogens is 4. The summed E-state index contributed by atoms with van der Waals surface area (Å²) in [6, 6.07) is 2.17. The van der Waals surface area contributed by atoms with E-state index in [1.54, 1.807) is 0 Å². The molecule has 0 aliphatic heterocycles. The zero-order valence-electron chi connectivity index (χ0n) is 14.6. The number of hydrogen-bond acceptors (Lipinski definition) is 4. The maximum Gasteiger partial charge on any atom is 0.417 e. The van der Waals surface area contributed by atoms with Crippen LogP contribution in [0.1, 0.15) is 50.5 Å². The molecule has 2 aromatic rings. The average molecular weight is 401 g/mol. The summed E-state index contributed by atoms with van der Waals surface area (Å²) >= 11 is 6.20. The molecule has 5 nitrogen and oxygen atoms in total. The standard InChI is InChI=1S/C18H20ClF3N4O/c19-16-14(25-13-6-4-2-1-3-5-7-13)11-24-26(17(16)27)15-9-8-12(10-23-15)18(20,21)22/h8-11,13,25H,1-7H2. The van der Waals surface area contributed by atoms with Gasteiger partial charge in [0.15, 0.2) is 5.82 Å². The van der Waals surface area contributed by atoms with Gasteiger partial charge in [0.2, 0.25) is 0 Å². The Hall–Kier alpha value is -2.09. The lowest BCUT2D eigenvalue weighted by Gasteiger charge is -2.22. The zero-order valence-corrected chi connectivity index (χ0v) is 15.4. The van der Waals surface area contributed by atoms with Gasteiger partial charge in [-0.15, -0.1) is 0 Å².